The zero-order valence-corrected chi connectivity index (χ0v) is 11.3. The highest BCUT2D eigenvalue weighted by atomic mass is 15.4. The zero-order valence-electron chi connectivity index (χ0n) is 11.3. The highest BCUT2D eigenvalue weighted by molar-refractivity contribution is 5.70. The fourth-order valence-corrected chi connectivity index (χ4v) is 1.77. The fourth-order valence-electron chi connectivity index (χ4n) is 1.77. The van der Waals surface area contributed by atoms with Gasteiger partial charge in [-0.05, 0) is 32.4 Å². The van der Waals surface area contributed by atoms with E-state index in [4.69, 9.17) is 5.26 Å². The Bertz CT molecular complexity index is 627. The quantitative estimate of drug-likeness (QED) is 0.842. The van der Waals surface area contributed by atoms with Crippen molar-refractivity contribution in [1.29, 1.82) is 5.26 Å². The molecule has 0 unspecified atom stereocenters. The molecule has 0 fully saturated rings. The first-order valence-electron chi connectivity index (χ1n) is 6.22. The maximum Gasteiger partial charge on any atom is 0.190 e. The van der Waals surface area contributed by atoms with E-state index in [0.717, 1.165) is 11.3 Å². The van der Waals surface area contributed by atoms with Crippen LogP contribution in [0.25, 0.3) is 12.2 Å². The van der Waals surface area contributed by atoms with Gasteiger partial charge in [0.2, 0.25) is 0 Å². The Morgan fingerprint density at radius 3 is 2.47 bits per heavy atom. The van der Waals surface area contributed by atoms with E-state index in [1.165, 1.54) is 5.56 Å². The summed E-state index contributed by atoms with van der Waals surface area (Å²) in [4.78, 5) is 0. The van der Waals surface area contributed by atoms with Crippen LogP contribution in [0.15, 0.2) is 24.3 Å². The molecular weight excluding hydrogens is 236 g/mol. The molecule has 1 heterocycles. The van der Waals surface area contributed by atoms with Crippen LogP contribution in [0.4, 0.5) is 0 Å². The van der Waals surface area contributed by atoms with Crippen LogP contribution in [-0.4, -0.2) is 15.0 Å². The second-order valence-corrected chi connectivity index (χ2v) is 4.72. The fraction of sp³-hybridized carbons (Fsp3) is 0.267. The summed E-state index contributed by atoms with van der Waals surface area (Å²) in [5.41, 5.74) is 3.42. The minimum Gasteiger partial charge on any atom is -0.241 e. The summed E-state index contributed by atoms with van der Waals surface area (Å²) in [6.07, 6.45) is 3.86. The largest absolute Gasteiger partial charge is 0.241 e. The Balaban J connectivity index is 2.35. The Morgan fingerprint density at radius 1 is 1.21 bits per heavy atom. The highest BCUT2D eigenvalue weighted by Gasteiger charge is 2.11. The first kappa shape index (κ1) is 13.0. The molecule has 4 heteroatoms. The van der Waals surface area contributed by atoms with Gasteiger partial charge in [0.15, 0.2) is 5.69 Å². The van der Waals surface area contributed by atoms with Crippen LogP contribution >= 0.6 is 0 Å². The third-order valence-corrected chi connectivity index (χ3v) is 2.84. The van der Waals surface area contributed by atoms with Gasteiger partial charge in [-0.25, -0.2) is 4.68 Å². The van der Waals surface area contributed by atoms with Gasteiger partial charge in [-0.15, -0.1) is 5.10 Å². The van der Waals surface area contributed by atoms with Crippen LogP contribution in [0.3, 0.4) is 0 Å². The van der Waals surface area contributed by atoms with Crippen molar-refractivity contribution in [2.24, 2.45) is 0 Å². The predicted molar refractivity (Wildman–Crippen MR) is 75.2 cm³/mol. The molecule has 0 spiro atoms. The molecule has 0 aliphatic carbocycles. The van der Waals surface area contributed by atoms with Gasteiger partial charge in [-0.3, -0.25) is 0 Å². The number of rotatable bonds is 3. The average molecular weight is 252 g/mol. The molecule has 0 amide bonds. The summed E-state index contributed by atoms with van der Waals surface area (Å²) in [5.74, 6) is 0. The molecule has 0 N–H and O–H groups in total. The molecule has 96 valence electrons. The topological polar surface area (TPSA) is 54.5 Å². The van der Waals surface area contributed by atoms with Crippen molar-refractivity contribution in [1.82, 2.24) is 15.0 Å². The van der Waals surface area contributed by atoms with Crippen LogP contribution < -0.4 is 0 Å². The summed E-state index contributed by atoms with van der Waals surface area (Å²) in [6, 6.07) is 10.4. The molecule has 4 nitrogen and oxygen atoms in total. The lowest BCUT2D eigenvalue weighted by atomic mass is 10.1. The van der Waals surface area contributed by atoms with Gasteiger partial charge in [0.1, 0.15) is 6.07 Å². The molecule has 0 saturated heterocycles. The van der Waals surface area contributed by atoms with E-state index in [-0.39, 0.29) is 6.04 Å². The monoisotopic (exact) mass is 252 g/mol. The van der Waals surface area contributed by atoms with Crippen molar-refractivity contribution < 1.29 is 0 Å². The van der Waals surface area contributed by atoms with Crippen molar-refractivity contribution >= 4 is 12.2 Å². The molecular formula is C15H16N4. The third-order valence-electron chi connectivity index (χ3n) is 2.84. The number of nitrogens with zero attached hydrogens (tertiary/aromatic N) is 4. The van der Waals surface area contributed by atoms with Crippen LogP contribution in [0.2, 0.25) is 0 Å². The van der Waals surface area contributed by atoms with Crippen LogP contribution in [0.5, 0.6) is 0 Å². The predicted octanol–water partition coefficient (Wildman–Crippen LogP) is 3.21. The molecule has 0 radical (unpaired) electrons. The highest BCUT2D eigenvalue weighted by Crippen LogP contribution is 2.15. The number of aryl methyl sites for hydroxylation is 1. The van der Waals surface area contributed by atoms with Gasteiger partial charge in [0.05, 0.1) is 5.69 Å². The van der Waals surface area contributed by atoms with Crippen molar-refractivity contribution in [3.63, 3.8) is 0 Å². The first-order valence-corrected chi connectivity index (χ1v) is 6.22. The summed E-state index contributed by atoms with van der Waals surface area (Å²) in [7, 11) is 0. The van der Waals surface area contributed by atoms with Crippen molar-refractivity contribution in [2.75, 3.05) is 0 Å². The number of hydrogen-bond donors (Lipinski definition) is 0. The number of benzene rings is 1. The number of aromatic nitrogens is 3. The maximum atomic E-state index is 9.05. The summed E-state index contributed by atoms with van der Waals surface area (Å²) < 4.78 is 1.75. The third kappa shape index (κ3) is 2.89. The van der Waals surface area contributed by atoms with Gasteiger partial charge in [-0.1, -0.05) is 41.1 Å². The Hall–Kier alpha value is -2.41. The first-order chi connectivity index (χ1) is 9.11. The van der Waals surface area contributed by atoms with Crippen LogP contribution in [0.1, 0.15) is 42.4 Å². The van der Waals surface area contributed by atoms with Crippen LogP contribution in [0, 0.1) is 18.3 Å². The van der Waals surface area contributed by atoms with E-state index in [2.05, 4.69) is 35.4 Å². The average Bonchev–Trinajstić information content (AvgIpc) is 2.81. The molecule has 2 rings (SSSR count). The minimum atomic E-state index is 0.173. The molecule has 2 aromatic rings. The lowest BCUT2D eigenvalue weighted by Gasteiger charge is -2.06. The number of hydrogen-bond acceptors (Lipinski definition) is 3. The molecule has 0 aliphatic rings. The van der Waals surface area contributed by atoms with E-state index < -0.39 is 0 Å². The van der Waals surface area contributed by atoms with Crippen LogP contribution in [-0.2, 0) is 0 Å². The molecule has 0 saturated carbocycles. The van der Waals surface area contributed by atoms with E-state index in [1.807, 2.05) is 38.1 Å². The van der Waals surface area contributed by atoms with Crippen molar-refractivity contribution in [3.05, 3.63) is 46.8 Å². The second-order valence-electron chi connectivity index (χ2n) is 4.72. The molecule has 1 aromatic carbocycles. The van der Waals surface area contributed by atoms with E-state index in [1.54, 1.807) is 4.68 Å². The molecule has 1 aromatic heterocycles. The van der Waals surface area contributed by atoms with Gasteiger partial charge in [0.25, 0.3) is 0 Å². The Labute approximate surface area is 113 Å². The maximum absolute atomic E-state index is 9.05. The lowest BCUT2D eigenvalue weighted by molar-refractivity contribution is 0.510. The Morgan fingerprint density at radius 2 is 1.89 bits per heavy atom. The molecule has 0 aliphatic heterocycles. The lowest BCUT2D eigenvalue weighted by Crippen LogP contribution is -2.05. The van der Waals surface area contributed by atoms with Gasteiger partial charge in [-0.2, -0.15) is 5.26 Å². The SMILES string of the molecule is Cc1ccc(/C=C/c2c(C#N)nnn2C(C)C)cc1. The van der Waals surface area contributed by atoms with E-state index >= 15 is 0 Å². The minimum absolute atomic E-state index is 0.173. The van der Waals surface area contributed by atoms with E-state index in [9.17, 15) is 0 Å². The van der Waals surface area contributed by atoms with E-state index in [0.29, 0.717) is 5.69 Å². The summed E-state index contributed by atoms with van der Waals surface area (Å²) in [5, 5.41) is 16.9. The van der Waals surface area contributed by atoms with Gasteiger partial charge < -0.3 is 0 Å². The second kappa shape index (κ2) is 5.49. The number of nitriles is 1. The normalized spacial score (nSPS) is 11.1. The van der Waals surface area contributed by atoms with Gasteiger partial charge >= 0.3 is 0 Å². The Kier molecular flexibility index (Phi) is 3.76. The van der Waals surface area contributed by atoms with Crippen molar-refractivity contribution in [2.45, 2.75) is 26.8 Å². The smallest absolute Gasteiger partial charge is 0.190 e. The van der Waals surface area contributed by atoms with Gasteiger partial charge in [0, 0.05) is 6.04 Å². The van der Waals surface area contributed by atoms with Crippen molar-refractivity contribution in [3.8, 4) is 6.07 Å². The zero-order chi connectivity index (χ0) is 13.8. The summed E-state index contributed by atoms with van der Waals surface area (Å²) >= 11 is 0. The standard InChI is InChI=1S/C15H16N4/c1-11(2)19-15(14(10-16)17-18-19)9-8-13-6-4-12(3)5-7-13/h4-9,11H,1-3H3/b9-8+. The summed E-state index contributed by atoms with van der Waals surface area (Å²) in [6.45, 7) is 6.08. The molecule has 0 bridgehead atoms. The molecule has 19 heavy (non-hydrogen) atoms. The molecule has 0 atom stereocenters.